The van der Waals surface area contributed by atoms with Crippen molar-refractivity contribution in [3.8, 4) is 0 Å². The molecular formula is C20H21N3O2S2. The van der Waals surface area contributed by atoms with E-state index in [4.69, 9.17) is 0 Å². The normalized spacial score (nSPS) is 11.4. The molecule has 2 amide bonds. The fourth-order valence-electron chi connectivity index (χ4n) is 2.23. The van der Waals surface area contributed by atoms with Gasteiger partial charge in [-0.1, -0.05) is 50.7 Å². The average Bonchev–Trinajstić information content (AvgIpc) is 3.02. The predicted octanol–water partition coefficient (Wildman–Crippen LogP) is 5.01. The number of thioether (sulfide) groups is 1. The zero-order chi connectivity index (χ0) is 19.4. The third-order valence-corrected chi connectivity index (χ3v) is 5.87. The topological polar surface area (TPSA) is 71.1 Å². The summed E-state index contributed by atoms with van der Waals surface area (Å²) in [4.78, 5) is 28.9. The Morgan fingerprint density at radius 2 is 1.74 bits per heavy atom. The maximum absolute atomic E-state index is 12.3. The molecule has 0 bridgehead atoms. The molecule has 0 unspecified atom stereocenters. The molecule has 0 saturated heterocycles. The molecule has 140 valence electrons. The molecule has 0 saturated carbocycles. The summed E-state index contributed by atoms with van der Waals surface area (Å²) < 4.78 is 1.99. The molecule has 0 aliphatic heterocycles. The first-order chi connectivity index (χ1) is 12.8. The van der Waals surface area contributed by atoms with Gasteiger partial charge in [-0.15, -0.1) is 11.3 Å². The van der Waals surface area contributed by atoms with Gasteiger partial charge < -0.3 is 10.6 Å². The van der Waals surface area contributed by atoms with E-state index in [0.717, 1.165) is 14.6 Å². The summed E-state index contributed by atoms with van der Waals surface area (Å²) in [5.74, 6) is 0.0919. The van der Waals surface area contributed by atoms with Crippen LogP contribution in [-0.4, -0.2) is 22.6 Å². The Labute approximate surface area is 166 Å². The second-order valence-electron chi connectivity index (χ2n) is 7.07. The van der Waals surface area contributed by atoms with Crippen LogP contribution in [0.5, 0.6) is 0 Å². The fraction of sp³-hybridized carbons (Fsp3) is 0.250. The van der Waals surface area contributed by atoms with Crippen molar-refractivity contribution in [3.63, 3.8) is 0 Å². The van der Waals surface area contributed by atoms with Gasteiger partial charge in [0, 0.05) is 16.8 Å². The fourth-order valence-corrected chi connectivity index (χ4v) is 4.10. The third-order valence-electron chi connectivity index (χ3n) is 3.69. The number of nitrogens with zero attached hydrogens (tertiary/aromatic N) is 1. The highest BCUT2D eigenvalue weighted by Crippen LogP contribution is 2.29. The van der Waals surface area contributed by atoms with Gasteiger partial charge >= 0.3 is 0 Å². The minimum atomic E-state index is -0.479. The van der Waals surface area contributed by atoms with Crippen molar-refractivity contribution >= 4 is 56.5 Å². The number of thiazole rings is 1. The molecule has 3 rings (SSSR count). The van der Waals surface area contributed by atoms with E-state index in [9.17, 15) is 9.59 Å². The molecule has 0 fully saturated rings. The van der Waals surface area contributed by atoms with Crippen LogP contribution in [0, 0.1) is 5.41 Å². The lowest BCUT2D eigenvalue weighted by Crippen LogP contribution is -2.27. The monoisotopic (exact) mass is 399 g/mol. The van der Waals surface area contributed by atoms with Gasteiger partial charge in [-0.05, 0) is 30.3 Å². The second kappa shape index (κ2) is 8.10. The lowest BCUT2D eigenvalue weighted by atomic mass is 9.95. The van der Waals surface area contributed by atoms with Gasteiger partial charge in [0.05, 0.1) is 16.0 Å². The van der Waals surface area contributed by atoms with Gasteiger partial charge in [0.25, 0.3) is 0 Å². The highest BCUT2D eigenvalue weighted by Gasteiger charge is 2.21. The smallest absolute Gasteiger partial charge is 0.234 e. The van der Waals surface area contributed by atoms with Crippen LogP contribution in [0.2, 0.25) is 0 Å². The number of hydrogen-bond donors (Lipinski definition) is 2. The van der Waals surface area contributed by atoms with Crippen LogP contribution in [0.25, 0.3) is 10.2 Å². The maximum Gasteiger partial charge on any atom is 0.234 e. The molecule has 7 heteroatoms. The molecule has 2 N–H and O–H groups in total. The van der Waals surface area contributed by atoms with E-state index >= 15 is 0 Å². The molecule has 1 aromatic heterocycles. The first-order valence-electron chi connectivity index (χ1n) is 8.51. The lowest BCUT2D eigenvalue weighted by Gasteiger charge is -2.18. The maximum atomic E-state index is 12.3. The molecule has 3 aromatic rings. The Hall–Kier alpha value is -2.38. The zero-order valence-corrected chi connectivity index (χ0v) is 17.0. The van der Waals surface area contributed by atoms with E-state index in [1.807, 2.05) is 45.0 Å². The summed E-state index contributed by atoms with van der Waals surface area (Å²) in [6, 6.07) is 15.1. The van der Waals surface area contributed by atoms with Crippen molar-refractivity contribution in [2.24, 2.45) is 5.41 Å². The van der Waals surface area contributed by atoms with Crippen molar-refractivity contribution < 1.29 is 9.59 Å². The summed E-state index contributed by atoms with van der Waals surface area (Å²) in [6.45, 7) is 5.56. The Balaban J connectivity index is 1.57. The summed E-state index contributed by atoms with van der Waals surface area (Å²) in [7, 11) is 0. The number of benzene rings is 2. The summed E-state index contributed by atoms with van der Waals surface area (Å²) in [5.41, 5.74) is 1.78. The van der Waals surface area contributed by atoms with E-state index in [1.165, 1.54) is 11.8 Å². The summed E-state index contributed by atoms with van der Waals surface area (Å²) >= 11 is 3.00. The molecule has 0 aliphatic rings. The molecule has 5 nitrogen and oxygen atoms in total. The quantitative estimate of drug-likeness (QED) is 0.592. The molecule has 1 heterocycles. The minimum absolute atomic E-state index is 0.0719. The Morgan fingerprint density at radius 1 is 1.04 bits per heavy atom. The van der Waals surface area contributed by atoms with Gasteiger partial charge in [-0.2, -0.15) is 0 Å². The molecule has 27 heavy (non-hydrogen) atoms. The van der Waals surface area contributed by atoms with E-state index in [1.54, 1.807) is 35.6 Å². The third kappa shape index (κ3) is 5.30. The number of fused-ring (bicyclic) bond motifs is 1. The minimum Gasteiger partial charge on any atom is -0.326 e. The Bertz CT molecular complexity index is 944. The number of anilines is 2. The number of amides is 2. The standard InChI is InChI=1S/C20H21N3O2S2/c1-20(2,3)18(25)22-14-8-6-7-13(11-14)21-17(24)12-26-19-23-15-9-4-5-10-16(15)27-19/h4-11H,12H2,1-3H3,(H,21,24)(H,22,25). The number of aromatic nitrogens is 1. The van der Waals surface area contributed by atoms with Crippen LogP contribution in [-0.2, 0) is 9.59 Å². The van der Waals surface area contributed by atoms with Crippen LogP contribution in [0.3, 0.4) is 0 Å². The van der Waals surface area contributed by atoms with Crippen LogP contribution in [0.1, 0.15) is 20.8 Å². The molecule has 0 atom stereocenters. The van der Waals surface area contributed by atoms with Crippen LogP contribution >= 0.6 is 23.1 Å². The van der Waals surface area contributed by atoms with Gasteiger partial charge in [0.1, 0.15) is 0 Å². The van der Waals surface area contributed by atoms with Crippen LogP contribution in [0.4, 0.5) is 11.4 Å². The first kappa shape index (κ1) is 19.4. The van der Waals surface area contributed by atoms with E-state index < -0.39 is 5.41 Å². The van der Waals surface area contributed by atoms with Crippen LogP contribution in [0.15, 0.2) is 52.9 Å². The number of para-hydroxylation sites is 1. The zero-order valence-electron chi connectivity index (χ0n) is 15.4. The van der Waals surface area contributed by atoms with Gasteiger partial charge in [-0.3, -0.25) is 9.59 Å². The second-order valence-corrected chi connectivity index (χ2v) is 9.32. The van der Waals surface area contributed by atoms with E-state index in [2.05, 4.69) is 15.6 Å². The van der Waals surface area contributed by atoms with Crippen molar-refractivity contribution in [2.45, 2.75) is 25.1 Å². The molecule has 2 aromatic carbocycles. The SMILES string of the molecule is CC(C)(C)C(=O)Nc1cccc(NC(=O)CSc2nc3ccccc3s2)c1. The Morgan fingerprint density at radius 3 is 2.44 bits per heavy atom. The number of carbonyl (C=O) groups is 2. The van der Waals surface area contributed by atoms with Crippen molar-refractivity contribution in [2.75, 3.05) is 16.4 Å². The largest absolute Gasteiger partial charge is 0.326 e. The van der Waals surface area contributed by atoms with Gasteiger partial charge in [0.15, 0.2) is 4.34 Å². The Kier molecular flexibility index (Phi) is 5.82. The molecule has 0 aliphatic carbocycles. The molecule has 0 spiro atoms. The molecule has 0 radical (unpaired) electrons. The van der Waals surface area contributed by atoms with Crippen molar-refractivity contribution in [3.05, 3.63) is 48.5 Å². The van der Waals surface area contributed by atoms with Gasteiger partial charge in [-0.25, -0.2) is 4.98 Å². The summed E-state index contributed by atoms with van der Waals surface area (Å²) in [5, 5.41) is 5.73. The van der Waals surface area contributed by atoms with Crippen molar-refractivity contribution in [1.29, 1.82) is 0 Å². The number of carbonyl (C=O) groups excluding carboxylic acids is 2. The van der Waals surface area contributed by atoms with E-state index in [-0.39, 0.29) is 17.6 Å². The highest BCUT2D eigenvalue weighted by molar-refractivity contribution is 8.01. The predicted molar refractivity (Wildman–Crippen MR) is 114 cm³/mol. The molecular weight excluding hydrogens is 378 g/mol. The number of hydrogen-bond acceptors (Lipinski definition) is 5. The van der Waals surface area contributed by atoms with E-state index in [0.29, 0.717) is 11.4 Å². The van der Waals surface area contributed by atoms with Gasteiger partial charge in [0.2, 0.25) is 11.8 Å². The lowest BCUT2D eigenvalue weighted by molar-refractivity contribution is -0.123. The average molecular weight is 400 g/mol. The number of rotatable bonds is 5. The highest BCUT2D eigenvalue weighted by atomic mass is 32.2. The first-order valence-corrected chi connectivity index (χ1v) is 10.3. The number of nitrogens with one attached hydrogen (secondary N) is 2. The summed E-state index contributed by atoms with van der Waals surface area (Å²) in [6.07, 6.45) is 0. The van der Waals surface area contributed by atoms with Crippen LogP contribution < -0.4 is 10.6 Å². The van der Waals surface area contributed by atoms with Crippen molar-refractivity contribution in [1.82, 2.24) is 4.98 Å².